The van der Waals surface area contributed by atoms with Gasteiger partial charge in [0.15, 0.2) is 0 Å². The quantitative estimate of drug-likeness (QED) is 0.748. The highest BCUT2D eigenvalue weighted by molar-refractivity contribution is 6.02. The van der Waals surface area contributed by atoms with Gasteiger partial charge < -0.3 is 5.32 Å². The number of hydrazine groups is 1. The normalized spacial score (nSPS) is 13.4. The van der Waals surface area contributed by atoms with Crippen molar-refractivity contribution in [2.75, 3.05) is 18.4 Å². The number of fused-ring (bicyclic) bond motifs is 1. The Morgan fingerprint density at radius 3 is 2.57 bits per heavy atom. The highest BCUT2D eigenvalue weighted by Crippen LogP contribution is 2.24. The number of urea groups is 1. The summed E-state index contributed by atoms with van der Waals surface area (Å²) in [6, 6.07) is 18.1. The topological polar surface area (TPSA) is 89.3 Å². The Morgan fingerprint density at radius 1 is 1.00 bits per heavy atom. The summed E-state index contributed by atoms with van der Waals surface area (Å²) in [5.74, 6) is -0.317. The van der Waals surface area contributed by atoms with E-state index < -0.39 is 0 Å². The molecule has 3 amide bonds. The summed E-state index contributed by atoms with van der Waals surface area (Å²) in [6.45, 7) is 0.897. The van der Waals surface area contributed by atoms with Gasteiger partial charge in [-0.3, -0.25) is 4.79 Å². The SMILES string of the molecule is N#Cc1ccc(C(=O)N2CCCN2C(=O)Nc2cccc3ccccc23)cn1. The van der Waals surface area contributed by atoms with Gasteiger partial charge in [-0.15, -0.1) is 0 Å². The van der Waals surface area contributed by atoms with E-state index in [1.807, 2.05) is 48.5 Å². The fourth-order valence-corrected chi connectivity index (χ4v) is 3.28. The fourth-order valence-electron chi connectivity index (χ4n) is 3.28. The molecule has 1 aliphatic heterocycles. The first-order valence-electron chi connectivity index (χ1n) is 8.91. The minimum Gasteiger partial charge on any atom is -0.306 e. The number of rotatable bonds is 2. The summed E-state index contributed by atoms with van der Waals surface area (Å²) in [5, 5.41) is 16.6. The van der Waals surface area contributed by atoms with Gasteiger partial charge in [0.05, 0.1) is 11.3 Å². The predicted octanol–water partition coefficient (Wildman–Crippen LogP) is 3.40. The lowest BCUT2D eigenvalue weighted by atomic mass is 10.1. The zero-order chi connectivity index (χ0) is 19.5. The Hall–Kier alpha value is -3.92. The summed E-state index contributed by atoms with van der Waals surface area (Å²) >= 11 is 0. The Kier molecular flexibility index (Phi) is 4.60. The van der Waals surface area contributed by atoms with Gasteiger partial charge in [0, 0.05) is 24.7 Å². The molecule has 0 spiro atoms. The van der Waals surface area contributed by atoms with Crippen LogP contribution in [0.5, 0.6) is 0 Å². The number of nitrogens with one attached hydrogen (secondary N) is 1. The number of anilines is 1. The zero-order valence-electron chi connectivity index (χ0n) is 15.0. The van der Waals surface area contributed by atoms with Crippen LogP contribution >= 0.6 is 0 Å². The van der Waals surface area contributed by atoms with Crippen LogP contribution in [0.4, 0.5) is 10.5 Å². The van der Waals surface area contributed by atoms with Crippen molar-refractivity contribution in [3.8, 4) is 6.07 Å². The van der Waals surface area contributed by atoms with Crippen molar-refractivity contribution in [1.29, 1.82) is 5.26 Å². The summed E-state index contributed by atoms with van der Waals surface area (Å²) in [6.07, 6.45) is 2.05. The first-order valence-corrected chi connectivity index (χ1v) is 8.91. The van der Waals surface area contributed by atoms with Crippen LogP contribution < -0.4 is 5.32 Å². The molecule has 2 aromatic carbocycles. The van der Waals surface area contributed by atoms with Gasteiger partial charge in [-0.1, -0.05) is 36.4 Å². The maximum Gasteiger partial charge on any atom is 0.340 e. The number of carbonyl (C=O) groups is 2. The van der Waals surface area contributed by atoms with E-state index in [4.69, 9.17) is 5.26 Å². The van der Waals surface area contributed by atoms with Gasteiger partial charge in [0.25, 0.3) is 5.91 Å². The number of benzene rings is 2. The van der Waals surface area contributed by atoms with E-state index in [-0.39, 0.29) is 17.6 Å². The second-order valence-corrected chi connectivity index (χ2v) is 6.41. The lowest BCUT2D eigenvalue weighted by Crippen LogP contribution is -2.46. The Labute approximate surface area is 161 Å². The van der Waals surface area contributed by atoms with Crippen molar-refractivity contribution in [3.05, 3.63) is 72.1 Å². The summed E-state index contributed by atoms with van der Waals surface area (Å²) < 4.78 is 0. The number of nitriles is 1. The second kappa shape index (κ2) is 7.37. The molecule has 1 aromatic heterocycles. The molecule has 4 rings (SSSR count). The van der Waals surface area contributed by atoms with Crippen molar-refractivity contribution in [2.24, 2.45) is 0 Å². The molecule has 3 aromatic rings. The molecule has 7 nitrogen and oxygen atoms in total. The molecule has 0 aliphatic carbocycles. The van der Waals surface area contributed by atoms with E-state index in [0.29, 0.717) is 30.8 Å². The minimum atomic E-state index is -0.358. The van der Waals surface area contributed by atoms with Crippen LogP contribution in [-0.2, 0) is 0 Å². The molecule has 28 heavy (non-hydrogen) atoms. The standard InChI is InChI=1S/C21H17N5O2/c22-13-17-10-9-16(14-23-17)20(27)25-11-4-12-26(25)21(28)24-19-8-3-6-15-5-1-2-7-18(15)19/h1-3,5-10,14H,4,11-12H2,(H,24,28). The maximum absolute atomic E-state index is 12.9. The Bertz CT molecular complexity index is 1080. The predicted molar refractivity (Wildman–Crippen MR) is 104 cm³/mol. The smallest absolute Gasteiger partial charge is 0.306 e. The monoisotopic (exact) mass is 371 g/mol. The largest absolute Gasteiger partial charge is 0.340 e. The molecular formula is C21H17N5O2. The lowest BCUT2D eigenvalue weighted by molar-refractivity contribution is 0.0404. The Morgan fingerprint density at radius 2 is 1.79 bits per heavy atom. The fraction of sp³-hybridized carbons (Fsp3) is 0.143. The molecule has 0 bridgehead atoms. The van der Waals surface area contributed by atoms with E-state index in [9.17, 15) is 9.59 Å². The van der Waals surface area contributed by atoms with Gasteiger partial charge >= 0.3 is 6.03 Å². The van der Waals surface area contributed by atoms with E-state index in [1.165, 1.54) is 22.3 Å². The number of nitrogens with zero attached hydrogens (tertiary/aromatic N) is 4. The van der Waals surface area contributed by atoms with Crippen LogP contribution in [0.15, 0.2) is 60.8 Å². The third-order valence-electron chi connectivity index (χ3n) is 4.66. The highest BCUT2D eigenvalue weighted by atomic mass is 16.2. The third-order valence-corrected chi connectivity index (χ3v) is 4.66. The molecule has 0 radical (unpaired) electrons. The van der Waals surface area contributed by atoms with Crippen molar-refractivity contribution in [3.63, 3.8) is 0 Å². The summed E-state index contributed by atoms with van der Waals surface area (Å²) in [4.78, 5) is 29.6. The van der Waals surface area contributed by atoms with Crippen LogP contribution in [0.25, 0.3) is 10.8 Å². The highest BCUT2D eigenvalue weighted by Gasteiger charge is 2.31. The number of hydrogen-bond acceptors (Lipinski definition) is 4. The average molecular weight is 371 g/mol. The molecule has 2 heterocycles. The molecule has 1 fully saturated rings. The molecule has 7 heteroatoms. The van der Waals surface area contributed by atoms with Gasteiger partial charge in [-0.05, 0) is 30.0 Å². The maximum atomic E-state index is 12.9. The van der Waals surface area contributed by atoms with Gasteiger partial charge in [-0.2, -0.15) is 5.26 Å². The number of hydrogen-bond donors (Lipinski definition) is 1. The van der Waals surface area contributed by atoms with Crippen LogP contribution in [0.1, 0.15) is 22.5 Å². The molecule has 0 saturated carbocycles. The van der Waals surface area contributed by atoms with Gasteiger partial charge in [0.2, 0.25) is 0 Å². The number of pyridine rings is 1. The van der Waals surface area contributed by atoms with Crippen LogP contribution in [0.3, 0.4) is 0 Å². The lowest BCUT2D eigenvalue weighted by Gasteiger charge is -2.28. The van der Waals surface area contributed by atoms with E-state index in [1.54, 1.807) is 6.07 Å². The molecule has 0 unspecified atom stereocenters. The Balaban J connectivity index is 1.54. The van der Waals surface area contributed by atoms with E-state index in [0.717, 1.165) is 10.8 Å². The molecule has 138 valence electrons. The first-order chi connectivity index (χ1) is 13.7. The first kappa shape index (κ1) is 17.5. The number of carbonyl (C=O) groups excluding carboxylic acids is 2. The summed E-state index contributed by atoms with van der Waals surface area (Å²) in [5.41, 5.74) is 1.27. The second-order valence-electron chi connectivity index (χ2n) is 6.41. The number of aromatic nitrogens is 1. The zero-order valence-corrected chi connectivity index (χ0v) is 15.0. The van der Waals surface area contributed by atoms with E-state index >= 15 is 0 Å². The van der Waals surface area contributed by atoms with Crippen molar-refractivity contribution in [2.45, 2.75) is 6.42 Å². The average Bonchev–Trinajstić information content (AvgIpc) is 3.23. The van der Waals surface area contributed by atoms with Crippen LogP contribution in [-0.4, -0.2) is 40.0 Å². The molecule has 1 saturated heterocycles. The molecular weight excluding hydrogens is 354 g/mol. The van der Waals surface area contributed by atoms with Gasteiger partial charge in [0.1, 0.15) is 11.8 Å². The summed E-state index contributed by atoms with van der Waals surface area (Å²) in [7, 11) is 0. The van der Waals surface area contributed by atoms with Crippen LogP contribution in [0.2, 0.25) is 0 Å². The van der Waals surface area contributed by atoms with Gasteiger partial charge in [-0.25, -0.2) is 19.8 Å². The van der Waals surface area contributed by atoms with Crippen molar-refractivity contribution < 1.29 is 9.59 Å². The third kappa shape index (κ3) is 3.23. The molecule has 1 aliphatic rings. The molecule has 0 atom stereocenters. The minimum absolute atomic E-state index is 0.239. The van der Waals surface area contributed by atoms with E-state index in [2.05, 4.69) is 10.3 Å². The van der Waals surface area contributed by atoms with Crippen molar-refractivity contribution >= 4 is 28.4 Å². The molecule has 1 N–H and O–H groups in total. The van der Waals surface area contributed by atoms with Crippen LogP contribution in [0, 0.1) is 11.3 Å². The number of amides is 3. The van der Waals surface area contributed by atoms with Crippen molar-refractivity contribution in [1.82, 2.24) is 15.0 Å².